The van der Waals surface area contributed by atoms with Gasteiger partial charge in [-0.1, -0.05) is 30.3 Å². The van der Waals surface area contributed by atoms with Crippen LogP contribution in [0.15, 0.2) is 73.6 Å². The molecule has 3 rings (SSSR count). The van der Waals surface area contributed by atoms with Gasteiger partial charge < -0.3 is 5.73 Å². The van der Waals surface area contributed by atoms with E-state index in [0.717, 1.165) is 17.8 Å². The van der Waals surface area contributed by atoms with Crippen LogP contribution >= 0.6 is 65.3 Å². The van der Waals surface area contributed by atoms with Gasteiger partial charge >= 0.3 is 0 Å². The van der Waals surface area contributed by atoms with E-state index in [1.807, 2.05) is 51.1 Å². The second-order valence-corrected chi connectivity index (χ2v) is 15.2. The van der Waals surface area contributed by atoms with E-state index >= 15 is 0 Å². The van der Waals surface area contributed by atoms with Crippen molar-refractivity contribution < 1.29 is 26.0 Å². The summed E-state index contributed by atoms with van der Waals surface area (Å²) in [6, 6.07) is 12.5. The van der Waals surface area contributed by atoms with E-state index in [0.29, 0.717) is 19.6 Å². The summed E-state index contributed by atoms with van der Waals surface area (Å²) in [6.07, 6.45) is -2.97. The number of thioether (sulfide) groups is 1. The summed E-state index contributed by atoms with van der Waals surface area (Å²) in [7, 11) is 4.18. The van der Waals surface area contributed by atoms with Crippen LogP contribution in [0.25, 0.3) is 0 Å². The Labute approximate surface area is 281 Å². The molecule has 2 aromatic heterocycles. The fraction of sp³-hybridized carbons (Fsp3) is 0.407. The number of alkyl halides is 4. The van der Waals surface area contributed by atoms with Crippen LogP contribution in [0.5, 0.6) is 0 Å². The quantitative estimate of drug-likeness (QED) is 0.182. The van der Waals surface area contributed by atoms with Crippen molar-refractivity contribution in [1.29, 1.82) is 0 Å². The van der Waals surface area contributed by atoms with Crippen molar-refractivity contribution in [1.82, 2.24) is 14.7 Å². The molecule has 0 bridgehead atoms. The average molecular weight is 817 g/mol. The molecule has 1 aromatic carbocycles. The molecule has 3 N–H and O–H groups in total. The molecule has 0 radical (unpaired) electrons. The highest BCUT2D eigenvalue weighted by Gasteiger charge is 2.28. The Morgan fingerprint density at radius 2 is 1.33 bits per heavy atom. The van der Waals surface area contributed by atoms with E-state index in [-0.39, 0.29) is 11.2 Å². The van der Waals surface area contributed by atoms with Gasteiger partial charge in [-0.15, -0.1) is 11.8 Å². The fourth-order valence-corrected chi connectivity index (χ4v) is 6.31. The third kappa shape index (κ3) is 18.5. The smallest absolute Gasteiger partial charge is 0.281 e. The van der Waals surface area contributed by atoms with Crippen molar-refractivity contribution in [2.75, 3.05) is 0 Å². The van der Waals surface area contributed by atoms with Crippen LogP contribution in [0.2, 0.25) is 0 Å². The minimum atomic E-state index is -4.04. The number of rotatable bonds is 7. The number of hydrogen-bond donors (Lipinski definition) is 2. The third-order valence-electron chi connectivity index (χ3n) is 4.08. The van der Waals surface area contributed by atoms with Gasteiger partial charge in [0.15, 0.2) is 0 Å². The Balaban J connectivity index is 0.000000676. The monoisotopic (exact) mass is 814 g/mol. The molecule has 0 aliphatic carbocycles. The number of aromatic nitrogens is 2. The number of halogens is 8. The SMILES string of the molecule is CC(C)(C)N.CC(C)(C)NS(=O)(=O)c1cc(Br)cnc1C(F)F.ClCl.FC(F)c1ncc(Br)cc1SCc1ccccc1. The minimum Gasteiger partial charge on any atom is -0.326 e. The number of pyridine rings is 2. The lowest BCUT2D eigenvalue weighted by Gasteiger charge is -2.21. The maximum absolute atomic E-state index is 12.8. The van der Waals surface area contributed by atoms with E-state index in [1.165, 1.54) is 18.0 Å². The van der Waals surface area contributed by atoms with Gasteiger partial charge in [0.2, 0.25) is 10.0 Å². The summed E-state index contributed by atoms with van der Waals surface area (Å²) in [6.45, 7) is 10.8. The highest BCUT2D eigenvalue weighted by atomic mass is 79.9. The molecular weight excluding hydrogens is 783 g/mol. The van der Waals surface area contributed by atoms with Crippen LogP contribution in [-0.4, -0.2) is 29.5 Å². The molecular formula is C27H34Br2Cl2F4N4O2S2. The molecule has 6 nitrogen and oxygen atoms in total. The molecule has 0 fully saturated rings. The van der Waals surface area contributed by atoms with E-state index in [2.05, 4.69) is 68.3 Å². The Morgan fingerprint density at radius 1 is 0.884 bits per heavy atom. The van der Waals surface area contributed by atoms with E-state index in [9.17, 15) is 26.0 Å². The minimum absolute atomic E-state index is 0. The van der Waals surface area contributed by atoms with Gasteiger partial charge in [-0.3, -0.25) is 9.97 Å². The first-order chi connectivity index (χ1) is 19.7. The first-order valence-corrected chi connectivity index (χ1v) is 17.4. The van der Waals surface area contributed by atoms with Crippen LogP contribution in [0, 0.1) is 0 Å². The van der Waals surface area contributed by atoms with Crippen molar-refractivity contribution >= 4 is 75.4 Å². The van der Waals surface area contributed by atoms with Gasteiger partial charge in [0.25, 0.3) is 12.9 Å². The number of nitrogens with two attached hydrogens (primary N) is 1. The number of nitrogens with one attached hydrogen (secondary N) is 1. The fourth-order valence-electron chi connectivity index (χ4n) is 2.71. The van der Waals surface area contributed by atoms with Crippen LogP contribution < -0.4 is 10.5 Å². The Hall–Kier alpha value is -1.00. The molecule has 3 aromatic rings. The molecule has 0 spiro atoms. The number of sulfonamides is 1. The molecule has 43 heavy (non-hydrogen) atoms. The summed E-state index contributed by atoms with van der Waals surface area (Å²) in [5.41, 5.74) is 4.78. The topological polar surface area (TPSA) is 98.0 Å². The largest absolute Gasteiger partial charge is 0.326 e. The second kappa shape index (κ2) is 19.5. The third-order valence-corrected chi connectivity index (χ3v) is 7.85. The summed E-state index contributed by atoms with van der Waals surface area (Å²) in [4.78, 5) is 7.23. The molecule has 0 amide bonds. The predicted octanol–water partition coefficient (Wildman–Crippen LogP) is 10.1. The van der Waals surface area contributed by atoms with Crippen molar-refractivity contribution in [3.63, 3.8) is 0 Å². The van der Waals surface area contributed by atoms with Gasteiger partial charge in [0.1, 0.15) is 16.3 Å². The maximum Gasteiger partial charge on any atom is 0.281 e. The van der Waals surface area contributed by atoms with E-state index in [4.69, 9.17) is 5.73 Å². The number of hydrogen-bond acceptors (Lipinski definition) is 6. The molecule has 0 saturated carbocycles. The van der Waals surface area contributed by atoms with Crippen LogP contribution in [0.4, 0.5) is 17.6 Å². The zero-order valence-corrected chi connectivity index (χ0v) is 30.5. The van der Waals surface area contributed by atoms with Crippen molar-refractivity contribution in [3.05, 3.63) is 80.8 Å². The van der Waals surface area contributed by atoms with E-state index < -0.39 is 39.0 Å². The molecule has 242 valence electrons. The molecule has 0 aliphatic heterocycles. The standard InChI is InChI=1S/C13H10BrF2NS.C10H13BrF2N2O2S.C4H11N.Cl2/c14-10-6-11(12(13(15)16)17-7-10)18-8-9-4-2-1-3-5-9;1-10(2,3)15-18(16,17)7-4-6(11)5-14-8(7)9(12)13;1-4(2,3)5;1-2/h1-7,13H,8H2;4-5,9,15H,1-3H3;5H2,1-3H3;. The zero-order chi connectivity index (χ0) is 33.6. The maximum atomic E-state index is 12.8. The summed E-state index contributed by atoms with van der Waals surface area (Å²) >= 11 is 7.64. The van der Waals surface area contributed by atoms with Gasteiger partial charge in [-0.2, -0.15) is 0 Å². The Morgan fingerprint density at radius 3 is 1.77 bits per heavy atom. The highest BCUT2D eigenvalue weighted by molar-refractivity contribution is 9.10. The summed E-state index contributed by atoms with van der Waals surface area (Å²) in [5, 5.41) is 0. The zero-order valence-electron chi connectivity index (χ0n) is 24.2. The highest BCUT2D eigenvalue weighted by Crippen LogP contribution is 2.33. The molecule has 0 aliphatic rings. The van der Waals surface area contributed by atoms with Crippen LogP contribution in [0.3, 0.4) is 0 Å². The molecule has 2 heterocycles. The average Bonchev–Trinajstić information content (AvgIpc) is 2.87. The predicted molar refractivity (Wildman–Crippen MR) is 176 cm³/mol. The lowest BCUT2D eigenvalue weighted by molar-refractivity contribution is 0.142. The molecule has 16 heteroatoms. The summed E-state index contributed by atoms with van der Waals surface area (Å²) in [5.74, 6) is 0.651. The first-order valence-electron chi connectivity index (χ1n) is 12.2. The lowest BCUT2D eigenvalue weighted by atomic mass is 10.1. The lowest BCUT2D eigenvalue weighted by Crippen LogP contribution is -2.40. The summed E-state index contributed by atoms with van der Waals surface area (Å²) < 4.78 is 78.5. The van der Waals surface area contributed by atoms with E-state index in [1.54, 1.807) is 26.8 Å². The van der Waals surface area contributed by atoms with Crippen molar-refractivity contribution in [3.8, 4) is 0 Å². The van der Waals surface area contributed by atoms with Gasteiger partial charge in [0, 0.05) is 64.8 Å². The van der Waals surface area contributed by atoms with Gasteiger partial charge in [-0.05, 0) is 91.1 Å². The van der Waals surface area contributed by atoms with Gasteiger partial charge in [0.05, 0.1) is 0 Å². The number of nitrogens with zero attached hydrogens (tertiary/aromatic N) is 2. The van der Waals surface area contributed by atoms with Crippen LogP contribution in [0.1, 0.15) is 71.3 Å². The molecule has 0 atom stereocenters. The second-order valence-electron chi connectivity index (χ2n) is 10.7. The number of benzene rings is 1. The Bertz CT molecular complexity index is 1360. The first kappa shape index (κ1) is 42.0. The van der Waals surface area contributed by atoms with Crippen molar-refractivity contribution in [2.45, 2.75) is 81.0 Å². The van der Waals surface area contributed by atoms with Crippen LogP contribution in [-0.2, 0) is 15.8 Å². The molecule has 0 unspecified atom stereocenters. The van der Waals surface area contributed by atoms with Gasteiger partial charge in [-0.25, -0.2) is 30.7 Å². The van der Waals surface area contributed by atoms with Crippen molar-refractivity contribution in [2.24, 2.45) is 5.73 Å². The molecule has 0 saturated heterocycles. The Kier molecular flexibility index (Phi) is 19.0. The normalized spacial score (nSPS) is 11.6.